The number of benzene rings is 4. The number of aryl methyl sites for hydroxylation is 1. The van der Waals surface area contributed by atoms with Crippen molar-refractivity contribution < 1.29 is 5.11 Å². The van der Waals surface area contributed by atoms with Crippen molar-refractivity contribution in [2.24, 2.45) is 4.99 Å². The number of rotatable bonds is 6. The number of aliphatic imine (C=N–C) groups is 1. The molecule has 0 amide bonds. The van der Waals surface area contributed by atoms with E-state index in [1.165, 1.54) is 27.8 Å². The molecular weight excluding hydrogens is 462 g/mol. The molecule has 0 fully saturated rings. The van der Waals surface area contributed by atoms with Gasteiger partial charge in [-0.1, -0.05) is 120 Å². The second kappa shape index (κ2) is 11.0. The Balaban J connectivity index is 1.80. The first-order chi connectivity index (χ1) is 17.9. The molecule has 0 saturated carbocycles. The molecule has 4 rings (SSSR count). The van der Waals surface area contributed by atoms with Gasteiger partial charge in [-0.3, -0.25) is 4.99 Å². The average Bonchev–Trinajstić information content (AvgIpc) is 2.84. The second-order valence-electron chi connectivity index (χ2n) is 12.5. The molecule has 38 heavy (non-hydrogen) atoms. The summed E-state index contributed by atoms with van der Waals surface area (Å²) in [7, 11) is 0. The molecule has 0 aliphatic carbocycles. The molecule has 0 saturated heterocycles. The molecule has 0 aromatic heterocycles. The molecule has 0 radical (unpaired) electrons. The van der Waals surface area contributed by atoms with Crippen molar-refractivity contribution in [3.05, 3.63) is 129 Å². The van der Waals surface area contributed by atoms with Crippen molar-refractivity contribution in [3.63, 3.8) is 0 Å². The summed E-state index contributed by atoms with van der Waals surface area (Å²) in [5, 5.41) is 11.3. The van der Waals surface area contributed by atoms with Crippen molar-refractivity contribution in [1.29, 1.82) is 0 Å². The van der Waals surface area contributed by atoms with Gasteiger partial charge in [0.15, 0.2) is 0 Å². The molecule has 1 N–H and O–H groups in total. The Morgan fingerprint density at radius 1 is 0.684 bits per heavy atom. The Bertz CT molecular complexity index is 1420. The van der Waals surface area contributed by atoms with Crippen molar-refractivity contribution in [1.82, 2.24) is 0 Å². The molecule has 196 valence electrons. The van der Waals surface area contributed by atoms with Gasteiger partial charge in [-0.2, -0.15) is 0 Å². The lowest BCUT2D eigenvalue weighted by atomic mass is 9.79. The number of hydrogen-bond acceptors (Lipinski definition) is 2. The number of hydrogen-bond donors (Lipinski definition) is 1. The van der Waals surface area contributed by atoms with Crippen LogP contribution in [-0.4, -0.2) is 11.3 Å². The Morgan fingerprint density at radius 2 is 1.26 bits per heavy atom. The molecule has 0 aliphatic rings. The smallest absolute Gasteiger partial charge is 0.128 e. The minimum atomic E-state index is -0.179. The van der Waals surface area contributed by atoms with Crippen LogP contribution in [0.3, 0.4) is 0 Å². The average molecular weight is 504 g/mol. The topological polar surface area (TPSA) is 32.6 Å². The van der Waals surface area contributed by atoms with Crippen LogP contribution in [0.4, 0.5) is 5.69 Å². The maximum Gasteiger partial charge on any atom is 0.128 e. The van der Waals surface area contributed by atoms with Gasteiger partial charge >= 0.3 is 0 Å². The van der Waals surface area contributed by atoms with Gasteiger partial charge in [0.05, 0.1) is 5.69 Å². The summed E-state index contributed by atoms with van der Waals surface area (Å²) in [5.74, 6) is 0.317. The first-order valence-electron chi connectivity index (χ1n) is 13.5. The number of aromatic hydroxyl groups is 1. The molecule has 2 heteroatoms. The third-order valence-electron chi connectivity index (χ3n) is 7.07. The van der Waals surface area contributed by atoms with Crippen LogP contribution in [0.5, 0.6) is 5.75 Å². The zero-order valence-electron chi connectivity index (χ0n) is 24.0. The summed E-state index contributed by atoms with van der Waals surface area (Å²) in [6.45, 7) is 15.2. The monoisotopic (exact) mass is 503 g/mol. The SMILES string of the molecule is Cc1cc(Cc2ccccc2)cc(Cc2ccccc2)c1N=Cc1cc(C(C)(C)C)cc(C(C)(C)C)c1O. The molecule has 0 unspecified atom stereocenters. The molecule has 0 spiro atoms. The van der Waals surface area contributed by atoms with Crippen molar-refractivity contribution in [2.45, 2.75) is 72.1 Å². The fraction of sp³-hybridized carbons (Fsp3) is 0.306. The summed E-state index contributed by atoms with van der Waals surface area (Å²) in [4.78, 5) is 5.04. The van der Waals surface area contributed by atoms with Crippen LogP contribution in [0.1, 0.15) is 86.1 Å². The van der Waals surface area contributed by atoms with Gasteiger partial charge in [0, 0.05) is 17.3 Å². The molecule has 0 aliphatic heterocycles. The highest BCUT2D eigenvalue weighted by molar-refractivity contribution is 5.87. The molecule has 0 atom stereocenters. The van der Waals surface area contributed by atoms with E-state index in [1.54, 1.807) is 0 Å². The van der Waals surface area contributed by atoms with Crippen molar-refractivity contribution in [2.75, 3.05) is 0 Å². The molecule has 0 heterocycles. The Morgan fingerprint density at radius 3 is 1.82 bits per heavy atom. The predicted octanol–water partition coefficient (Wildman–Crippen LogP) is 9.23. The molecular formula is C36H41NO. The van der Waals surface area contributed by atoms with Crippen LogP contribution >= 0.6 is 0 Å². The van der Waals surface area contributed by atoms with E-state index in [1.807, 2.05) is 6.21 Å². The van der Waals surface area contributed by atoms with Gasteiger partial charge in [-0.05, 0) is 70.0 Å². The Hall–Kier alpha value is -3.65. The predicted molar refractivity (Wildman–Crippen MR) is 162 cm³/mol. The lowest BCUT2D eigenvalue weighted by molar-refractivity contribution is 0.444. The summed E-state index contributed by atoms with van der Waals surface area (Å²) in [5.41, 5.74) is 9.84. The van der Waals surface area contributed by atoms with E-state index in [-0.39, 0.29) is 10.8 Å². The van der Waals surface area contributed by atoms with Crippen LogP contribution < -0.4 is 0 Å². The highest BCUT2D eigenvalue weighted by atomic mass is 16.3. The minimum Gasteiger partial charge on any atom is -0.507 e. The van der Waals surface area contributed by atoms with E-state index in [9.17, 15) is 5.11 Å². The number of phenolic OH excluding ortho intramolecular Hbond substituents is 1. The van der Waals surface area contributed by atoms with Gasteiger partial charge in [-0.25, -0.2) is 0 Å². The normalized spacial score (nSPS) is 12.3. The lowest BCUT2D eigenvalue weighted by Gasteiger charge is -2.27. The first-order valence-corrected chi connectivity index (χ1v) is 13.5. The third-order valence-corrected chi connectivity index (χ3v) is 7.07. The van der Waals surface area contributed by atoms with E-state index >= 15 is 0 Å². The molecule has 4 aromatic rings. The first kappa shape index (κ1) is 27.4. The van der Waals surface area contributed by atoms with E-state index in [2.05, 4.69) is 133 Å². The highest BCUT2D eigenvalue weighted by Crippen LogP contribution is 2.38. The van der Waals surface area contributed by atoms with E-state index < -0.39 is 0 Å². The maximum atomic E-state index is 11.3. The summed E-state index contributed by atoms with van der Waals surface area (Å²) in [6.07, 6.45) is 3.54. The largest absolute Gasteiger partial charge is 0.507 e. The zero-order valence-corrected chi connectivity index (χ0v) is 24.0. The quantitative estimate of drug-likeness (QED) is 0.261. The fourth-order valence-corrected chi connectivity index (χ4v) is 4.90. The van der Waals surface area contributed by atoms with E-state index in [0.717, 1.165) is 35.2 Å². The van der Waals surface area contributed by atoms with Gasteiger partial charge in [0.25, 0.3) is 0 Å². The second-order valence-corrected chi connectivity index (χ2v) is 12.5. The van der Waals surface area contributed by atoms with Crippen molar-refractivity contribution >= 4 is 11.9 Å². The van der Waals surface area contributed by atoms with Crippen LogP contribution in [-0.2, 0) is 23.7 Å². The summed E-state index contributed by atoms with van der Waals surface area (Å²) in [6, 6.07) is 29.9. The third kappa shape index (κ3) is 6.61. The zero-order chi connectivity index (χ0) is 27.5. The van der Waals surface area contributed by atoms with Crippen LogP contribution in [0.25, 0.3) is 0 Å². The Kier molecular flexibility index (Phi) is 7.92. The molecule has 2 nitrogen and oxygen atoms in total. The van der Waals surface area contributed by atoms with Crippen LogP contribution in [0, 0.1) is 6.92 Å². The number of nitrogens with zero attached hydrogens (tertiary/aromatic N) is 1. The summed E-state index contributed by atoms with van der Waals surface area (Å²) >= 11 is 0. The lowest BCUT2D eigenvalue weighted by Crippen LogP contribution is -2.17. The van der Waals surface area contributed by atoms with Crippen LogP contribution in [0.2, 0.25) is 0 Å². The Labute approximate surface area is 229 Å². The highest BCUT2D eigenvalue weighted by Gasteiger charge is 2.24. The van der Waals surface area contributed by atoms with E-state index in [4.69, 9.17) is 4.99 Å². The standard InChI is InChI=1S/C36H41NO/c1-25-18-28(19-26-14-10-8-11-15-26)21-29(20-27-16-12-9-13-17-27)33(25)37-24-30-22-31(35(2,3)4)23-32(34(30)38)36(5,6)7/h8-18,21-24,38H,19-20H2,1-7H3. The van der Waals surface area contributed by atoms with Gasteiger partial charge < -0.3 is 5.11 Å². The van der Waals surface area contributed by atoms with Gasteiger partial charge in [0.1, 0.15) is 5.75 Å². The van der Waals surface area contributed by atoms with Crippen LogP contribution in [0.15, 0.2) is 89.9 Å². The summed E-state index contributed by atoms with van der Waals surface area (Å²) < 4.78 is 0. The number of phenols is 1. The maximum absolute atomic E-state index is 11.3. The minimum absolute atomic E-state index is 0.0379. The molecule has 0 bridgehead atoms. The van der Waals surface area contributed by atoms with Gasteiger partial charge in [0.2, 0.25) is 0 Å². The molecule has 4 aromatic carbocycles. The van der Waals surface area contributed by atoms with E-state index in [0.29, 0.717) is 5.75 Å². The van der Waals surface area contributed by atoms with Crippen molar-refractivity contribution in [3.8, 4) is 5.75 Å². The fourth-order valence-electron chi connectivity index (χ4n) is 4.90. The van der Waals surface area contributed by atoms with Gasteiger partial charge in [-0.15, -0.1) is 0 Å².